The van der Waals surface area contributed by atoms with E-state index in [1.54, 1.807) is 30.3 Å². The van der Waals surface area contributed by atoms with Crippen LogP contribution in [0.25, 0.3) is 11.3 Å². The summed E-state index contributed by atoms with van der Waals surface area (Å²) in [5.74, 6) is 0.519. The number of hydrogen-bond donors (Lipinski definition) is 3. The third-order valence-electron chi connectivity index (χ3n) is 4.77. The van der Waals surface area contributed by atoms with Crippen LogP contribution < -0.4 is 10.2 Å². The minimum Gasteiger partial charge on any atom is -0.508 e. The average molecular weight is 426 g/mol. The van der Waals surface area contributed by atoms with Gasteiger partial charge >= 0.3 is 0 Å². The number of aryl methyl sites for hydroxylation is 1. The number of aromatic amines is 1. The van der Waals surface area contributed by atoms with Crippen LogP contribution in [-0.2, 0) is 6.61 Å². The van der Waals surface area contributed by atoms with Gasteiger partial charge in [0, 0.05) is 5.56 Å². The van der Waals surface area contributed by atoms with Gasteiger partial charge in [-0.15, -0.1) is 0 Å². The highest BCUT2D eigenvalue weighted by molar-refractivity contribution is 5.94. The second-order valence-electron chi connectivity index (χ2n) is 7.26. The minimum atomic E-state index is -0.406. The first-order valence-corrected chi connectivity index (χ1v) is 10.0. The van der Waals surface area contributed by atoms with Crippen LogP contribution in [0.1, 0.15) is 27.2 Å². The average Bonchev–Trinajstić information content (AvgIpc) is 3.31. The van der Waals surface area contributed by atoms with Crippen molar-refractivity contribution in [3.05, 3.63) is 101 Å². The maximum absolute atomic E-state index is 12.3. The molecule has 1 amide bonds. The predicted octanol–water partition coefficient (Wildman–Crippen LogP) is 4.43. The van der Waals surface area contributed by atoms with Gasteiger partial charge in [0.05, 0.1) is 11.9 Å². The molecule has 0 aliphatic rings. The lowest BCUT2D eigenvalue weighted by molar-refractivity contribution is 0.0950. The zero-order valence-electron chi connectivity index (χ0n) is 17.4. The number of amides is 1. The van der Waals surface area contributed by atoms with Crippen LogP contribution in [0.5, 0.6) is 11.5 Å². The molecule has 32 heavy (non-hydrogen) atoms. The molecule has 7 nitrogen and oxygen atoms in total. The molecule has 0 bridgehead atoms. The number of aromatic nitrogens is 2. The van der Waals surface area contributed by atoms with Crippen LogP contribution in [0, 0.1) is 6.92 Å². The molecule has 0 aliphatic heterocycles. The number of aromatic hydroxyl groups is 1. The smallest absolute Gasteiger partial charge is 0.289 e. The molecule has 4 aromatic rings. The van der Waals surface area contributed by atoms with Crippen LogP contribution in [0.2, 0.25) is 0 Å². The van der Waals surface area contributed by atoms with E-state index in [0.29, 0.717) is 18.0 Å². The van der Waals surface area contributed by atoms with E-state index in [4.69, 9.17) is 4.74 Å². The Morgan fingerprint density at radius 2 is 1.78 bits per heavy atom. The molecular formula is C25H22N4O3. The van der Waals surface area contributed by atoms with Crippen molar-refractivity contribution in [2.45, 2.75) is 13.5 Å². The second-order valence-corrected chi connectivity index (χ2v) is 7.26. The molecule has 7 heteroatoms. The third kappa shape index (κ3) is 5.40. The number of carbonyl (C=O) groups excluding carboxylic acids is 1. The zero-order valence-corrected chi connectivity index (χ0v) is 17.4. The van der Waals surface area contributed by atoms with E-state index in [2.05, 4.69) is 51.9 Å². The van der Waals surface area contributed by atoms with Crippen molar-refractivity contribution in [3.63, 3.8) is 0 Å². The molecule has 0 fully saturated rings. The SMILES string of the molecule is Cc1ccc(COc2ccc(-c3cc(C(=O)N/N=C\c4ccc(O)cc4)[nH]n3)cc2)cc1. The fourth-order valence-electron chi connectivity index (χ4n) is 2.94. The molecule has 0 atom stereocenters. The van der Waals surface area contributed by atoms with Crippen LogP contribution in [0.15, 0.2) is 84.0 Å². The summed E-state index contributed by atoms with van der Waals surface area (Å²) in [6.07, 6.45) is 1.49. The molecule has 0 saturated carbocycles. The number of hydrazone groups is 1. The predicted molar refractivity (Wildman–Crippen MR) is 123 cm³/mol. The fraction of sp³-hybridized carbons (Fsp3) is 0.0800. The highest BCUT2D eigenvalue weighted by Gasteiger charge is 2.10. The van der Waals surface area contributed by atoms with Gasteiger partial charge in [-0.3, -0.25) is 9.89 Å². The molecule has 3 N–H and O–H groups in total. The summed E-state index contributed by atoms with van der Waals surface area (Å²) in [6, 6.07) is 23.9. The van der Waals surface area contributed by atoms with Gasteiger partial charge in [0.25, 0.3) is 5.91 Å². The zero-order chi connectivity index (χ0) is 22.3. The third-order valence-corrected chi connectivity index (χ3v) is 4.77. The number of nitrogens with zero attached hydrogens (tertiary/aromatic N) is 2. The Bertz CT molecular complexity index is 1210. The number of phenolic OH excluding ortho intramolecular Hbond substituents is 1. The van der Waals surface area contributed by atoms with E-state index in [0.717, 1.165) is 22.4 Å². The van der Waals surface area contributed by atoms with Crippen LogP contribution in [-0.4, -0.2) is 27.4 Å². The first-order chi connectivity index (χ1) is 15.6. The molecule has 160 valence electrons. The van der Waals surface area contributed by atoms with E-state index in [1.165, 1.54) is 11.8 Å². The number of nitrogens with one attached hydrogen (secondary N) is 2. The van der Waals surface area contributed by atoms with Gasteiger partial charge in [-0.25, -0.2) is 5.43 Å². The van der Waals surface area contributed by atoms with Gasteiger partial charge in [-0.05, 0) is 72.6 Å². The summed E-state index contributed by atoms with van der Waals surface area (Å²) in [7, 11) is 0. The van der Waals surface area contributed by atoms with E-state index < -0.39 is 5.91 Å². The van der Waals surface area contributed by atoms with Crippen molar-refractivity contribution in [3.8, 4) is 22.8 Å². The molecule has 0 saturated heterocycles. The van der Waals surface area contributed by atoms with Crippen molar-refractivity contribution in [2.24, 2.45) is 5.10 Å². The van der Waals surface area contributed by atoms with E-state index in [-0.39, 0.29) is 5.75 Å². The number of H-pyrrole nitrogens is 1. The Hall–Kier alpha value is -4.39. The first kappa shape index (κ1) is 20.9. The lowest BCUT2D eigenvalue weighted by atomic mass is 10.1. The lowest BCUT2D eigenvalue weighted by Gasteiger charge is -2.07. The highest BCUT2D eigenvalue weighted by atomic mass is 16.5. The van der Waals surface area contributed by atoms with Gasteiger partial charge < -0.3 is 9.84 Å². The summed E-state index contributed by atoms with van der Waals surface area (Å²) in [4.78, 5) is 12.3. The molecule has 0 aliphatic carbocycles. The van der Waals surface area contributed by atoms with Gasteiger partial charge in [0.2, 0.25) is 0 Å². The Morgan fingerprint density at radius 1 is 1.06 bits per heavy atom. The standard InChI is InChI=1S/C25H22N4O3/c1-17-2-4-19(5-3-17)16-32-22-12-8-20(9-13-22)23-14-24(28-27-23)25(31)29-26-15-18-6-10-21(30)11-7-18/h2-15,30H,16H2,1H3,(H,27,28)(H,29,31)/b26-15-. The maximum Gasteiger partial charge on any atom is 0.289 e. The Balaban J connectivity index is 1.33. The second kappa shape index (κ2) is 9.61. The number of hydrogen-bond acceptors (Lipinski definition) is 5. The van der Waals surface area contributed by atoms with E-state index >= 15 is 0 Å². The fourth-order valence-corrected chi connectivity index (χ4v) is 2.94. The monoisotopic (exact) mass is 426 g/mol. The minimum absolute atomic E-state index is 0.169. The topological polar surface area (TPSA) is 99.6 Å². The molecule has 4 rings (SSSR count). The Kier molecular flexibility index (Phi) is 6.27. The summed E-state index contributed by atoms with van der Waals surface area (Å²) in [5.41, 5.74) is 7.31. The van der Waals surface area contributed by atoms with Crippen molar-refractivity contribution in [1.82, 2.24) is 15.6 Å². The van der Waals surface area contributed by atoms with Crippen LogP contribution >= 0.6 is 0 Å². The number of ether oxygens (including phenoxy) is 1. The van der Waals surface area contributed by atoms with Crippen LogP contribution in [0.3, 0.4) is 0 Å². The highest BCUT2D eigenvalue weighted by Crippen LogP contribution is 2.22. The molecule has 0 unspecified atom stereocenters. The quantitative estimate of drug-likeness (QED) is 0.301. The number of carbonyl (C=O) groups is 1. The van der Waals surface area contributed by atoms with Gasteiger partial charge in [-0.1, -0.05) is 29.8 Å². The molecule has 1 heterocycles. The first-order valence-electron chi connectivity index (χ1n) is 10.0. The van der Waals surface area contributed by atoms with Gasteiger partial charge in [0.1, 0.15) is 23.8 Å². The van der Waals surface area contributed by atoms with Crippen molar-refractivity contribution in [1.29, 1.82) is 0 Å². The normalized spacial score (nSPS) is 10.9. The summed E-state index contributed by atoms with van der Waals surface area (Å²) in [6.45, 7) is 2.55. The summed E-state index contributed by atoms with van der Waals surface area (Å²) in [5, 5.41) is 20.1. The summed E-state index contributed by atoms with van der Waals surface area (Å²) >= 11 is 0. The molecular weight excluding hydrogens is 404 g/mol. The largest absolute Gasteiger partial charge is 0.508 e. The Labute approximate surface area is 185 Å². The molecule has 1 aromatic heterocycles. The number of phenols is 1. The van der Waals surface area contributed by atoms with E-state index in [1.807, 2.05) is 24.3 Å². The molecule has 0 spiro atoms. The van der Waals surface area contributed by atoms with Gasteiger partial charge in [-0.2, -0.15) is 10.2 Å². The summed E-state index contributed by atoms with van der Waals surface area (Å²) < 4.78 is 5.83. The lowest BCUT2D eigenvalue weighted by Crippen LogP contribution is -2.17. The number of benzene rings is 3. The van der Waals surface area contributed by atoms with E-state index in [9.17, 15) is 9.90 Å². The van der Waals surface area contributed by atoms with Gasteiger partial charge in [0.15, 0.2) is 0 Å². The maximum atomic E-state index is 12.3. The van der Waals surface area contributed by atoms with Crippen molar-refractivity contribution < 1.29 is 14.6 Å². The molecule has 0 radical (unpaired) electrons. The van der Waals surface area contributed by atoms with Crippen LogP contribution in [0.4, 0.5) is 0 Å². The molecule has 3 aromatic carbocycles. The van der Waals surface area contributed by atoms with Crippen molar-refractivity contribution >= 4 is 12.1 Å². The number of rotatable bonds is 7. The Morgan fingerprint density at radius 3 is 2.50 bits per heavy atom. The van der Waals surface area contributed by atoms with Crippen molar-refractivity contribution in [2.75, 3.05) is 0 Å².